The number of carbonyl (C=O) groups is 2. The Kier molecular flexibility index (Phi) is 3.24. The van der Waals surface area contributed by atoms with E-state index in [0.29, 0.717) is 16.8 Å². The second kappa shape index (κ2) is 5.42. The minimum absolute atomic E-state index is 0.310. The molecule has 0 aromatic heterocycles. The summed E-state index contributed by atoms with van der Waals surface area (Å²) in [6.07, 6.45) is 0. The van der Waals surface area contributed by atoms with Gasteiger partial charge < -0.3 is 0 Å². The molecule has 0 bridgehead atoms. The van der Waals surface area contributed by atoms with Crippen LogP contribution in [0.25, 0.3) is 11.1 Å². The monoisotopic (exact) mass is 317 g/mol. The zero-order valence-electron chi connectivity index (χ0n) is 12.6. The molecule has 4 rings (SSSR count). The second-order valence-corrected chi connectivity index (χ2v) is 5.55. The number of amides is 2. The molecular formula is C20H12FNO2. The van der Waals surface area contributed by atoms with E-state index in [2.05, 4.69) is 0 Å². The number of imide groups is 1. The predicted molar refractivity (Wildman–Crippen MR) is 89.4 cm³/mol. The average Bonchev–Trinajstić information content (AvgIpc) is 2.87. The third-order valence-electron chi connectivity index (χ3n) is 4.08. The van der Waals surface area contributed by atoms with Crippen molar-refractivity contribution in [3.8, 4) is 11.1 Å². The van der Waals surface area contributed by atoms with Crippen LogP contribution >= 0.6 is 0 Å². The summed E-state index contributed by atoms with van der Waals surface area (Å²) in [6.45, 7) is 0. The predicted octanol–water partition coefficient (Wildman–Crippen LogP) is 4.29. The lowest BCUT2D eigenvalue weighted by molar-refractivity contribution is 0.0926. The normalized spacial score (nSPS) is 13.3. The van der Waals surface area contributed by atoms with Gasteiger partial charge in [0.15, 0.2) is 0 Å². The maximum absolute atomic E-state index is 13.1. The fourth-order valence-electron chi connectivity index (χ4n) is 2.89. The molecule has 0 radical (unpaired) electrons. The van der Waals surface area contributed by atoms with E-state index in [-0.39, 0.29) is 17.6 Å². The lowest BCUT2D eigenvalue weighted by Gasteiger charge is -2.15. The van der Waals surface area contributed by atoms with Gasteiger partial charge in [-0.05, 0) is 47.5 Å². The molecule has 0 aliphatic carbocycles. The fourth-order valence-corrected chi connectivity index (χ4v) is 2.89. The molecule has 0 saturated carbocycles. The van der Waals surface area contributed by atoms with Gasteiger partial charge in [-0.3, -0.25) is 9.59 Å². The van der Waals surface area contributed by atoms with E-state index in [4.69, 9.17) is 0 Å². The highest BCUT2D eigenvalue weighted by atomic mass is 19.1. The van der Waals surface area contributed by atoms with Crippen LogP contribution in [0.4, 0.5) is 10.1 Å². The lowest BCUT2D eigenvalue weighted by atomic mass is 10.0. The average molecular weight is 317 g/mol. The number of rotatable bonds is 2. The first-order valence-corrected chi connectivity index (χ1v) is 7.49. The summed E-state index contributed by atoms with van der Waals surface area (Å²) in [5.41, 5.74) is 2.95. The molecule has 3 nitrogen and oxygen atoms in total. The molecule has 116 valence electrons. The van der Waals surface area contributed by atoms with Crippen molar-refractivity contribution in [3.05, 3.63) is 89.7 Å². The summed E-state index contributed by atoms with van der Waals surface area (Å²) in [4.78, 5) is 26.3. The molecule has 0 atom stereocenters. The smallest absolute Gasteiger partial charge is 0.266 e. The third kappa shape index (κ3) is 2.20. The van der Waals surface area contributed by atoms with E-state index in [1.54, 1.807) is 54.6 Å². The Bertz CT molecular complexity index is 928. The van der Waals surface area contributed by atoms with Crippen LogP contribution in [0.5, 0.6) is 0 Å². The van der Waals surface area contributed by atoms with Gasteiger partial charge in [0.1, 0.15) is 5.82 Å². The second-order valence-electron chi connectivity index (χ2n) is 5.55. The number of hydrogen-bond acceptors (Lipinski definition) is 2. The number of hydrogen-bond donors (Lipinski definition) is 0. The number of carbonyl (C=O) groups excluding carboxylic acids is 2. The van der Waals surface area contributed by atoms with Gasteiger partial charge in [-0.1, -0.05) is 36.4 Å². The molecule has 0 fully saturated rings. The zero-order valence-corrected chi connectivity index (χ0v) is 12.6. The number of anilines is 1. The van der Waals surface area contributed by atoms with Gasteiger partial charge in [0.05, 0.1) is 16.8 Å². The highest BCUT2D eigenvalue weighted by Crippen LogP contribution is 2.31. The minimum Gasteiger partial charge on any atom is -0.268 e. The largest absolute Gasteiger partial charge is 0.268 e. The topological polar surface area (TPSA) is 37.4 Å². The van der Waals surface area contributed by atoms with Crippen molar-refractivity contribution in [2.45, 2.75) is 0 Å². The first-order valence-electron chi connectivity index (χ1n) is 7.49. The summed E-state index contributed by atoms with van der Waals surface area (Å²) in [6, 6.07) is 20.0. The molecule has 24 heavy (non-hydrogen) atoms. The van der Waals surface area contributed by atoms with E-state index in [0.717, 1.165) is 11.1 Å². The van der Waals surface area contributed by atoms with Crippen molar-refractivity contribution in [1.29, 1.82) is 0 Å². The molecular weight excluding hydrogens is 305 g/mol. The van der Waals surface area contributed by atoms with Gasteiger partial charge in [0.25, 0.3) is 11.8 Å². The Hall–Kier alpha value is -3.27. The molecule has 0 saturated heterocycles. The summed E-state index contributed by atoms with van der Waals surface area (Å²) in [7, 11) is 0. The van der Waals surface area contributed by atoms with Crippen molar-refractivity contribution in [2.24, 2.45) is 0 Å². The van der Waals surface area contributed by atoms with E-state index in [1.807, 2.05) is 6.07 Å². The SMILES string of the molecule is O=C1c2ccccc2C(=O)N1c1cccc(-c2ccc(F)cc2)c1. The number of nitrogens with zero attached hydrogens (tertiary/aromatic N) is 1. The van der Waals surface area contributed by atoms with E-state index in [1.165, 1.54) is 17.0 Å². The summed E-state index contributed by atoms with van der Waals surface area (Å²) >= 11 is 0. The molecule has 0 spiro atoms. The van der Waals surface area contributed by atoms with Crippen LogP contribution in [-0.2, 0) is 0 Å². The Labute approximate surface area is 138 Å². The highest BCUT2D eigenvalue weighted by molar-refractivity contribution is 6.34. The highest BCUT2D eigenvalue weighted by Gasteiger charge is 2.36. The maximum atomic E-state index is 13.1. The molecule has 0 unspecified atom stereocenters. The summed E-state index contributed by atoms with van der Waals surface area (Å²) < 4.78 is 13.1. The Balaban J connectivity index is 1.76. The molecule has 3 aromatic carbocycles. The van der Waals surface area contributed by atoms with Crippen molar-refractivity contribution >= 4 is 17.5 Å². The maximum Gasteiger partial charge on any atom is 0.266 e. The van der Waals surface area contributed by atoms with Crippen molar-refractivity contribution in [2.75, 3.05) is 4.90 Å². The Morgan fingerprint density at radius 2 is 1.29 bits per heavy atom. The van der Waals surface area contributed by atoms with E-state index in [9.17, 15) is 14.0 Å². The summed E-state index contributed by atoms with van der Waals surface area (Å²) in [5.74, 6) is -0.964. The number of halogens is 1. The van der Waals surface area contributed by atoms with Gasteiger partial charge >= 0.3 is 0 Å². The van der Waals surface area contributed by atoms with Crippen LogP contribution in [0, 0.1) is 5.82 Å². The lowest BCUT2D eigenvalue weighted by Crippen LogP contribution is -2.29. The van der Waals surface area contributed by atoms with Crippen molar-refractivity contribution < 1.29 is 14.0 Å². The van der Waals surface area contributed by atoms with Crippen LogP contribution in [-0.4, -0.2) is 11.8 Å². The Morgan fingerprint density at radius 1 is 0.667 bits per heavy atom. The first-order chi connectivity index (χ1) is 11.6. The van der Waals surface area contributed by atoms with Gasteiger partial charge in [0, 0.05) is 0 Å². The van der Waals surface area contributed by atoms with Crippen LogP contribution in [0.1, 0.15) is 20.7 Å². The first kappa shape index (κ1) is 14.3. The molecule has 2 amide bonds. The van der Waals surface area contributed by atoms with Gasteiger partial charge in [0.2, 0.25) is 0 Å². The molecule has 3 aromatic rings. The molecule has 1 aliphatic rings. The molecule has 1 aliphatic heterocycles. The van der Waals surface area contributed by atoms with Gasteiger partial charge in [-0.2, -0.15) is 0 Å². The van der Waals surface area contributed by atoms with Crippen LogP contribution in [0.2, 0.25) is 0 Å². The van der Waals surface area contributed by atoms with E-state index >= 15 is 0 Å². The molecule has 1 heterocycles. The third-order valence-corrected chi connectivity index (χ3v) is 4.08. The van der Waals surface area contributed by atoms with E-state index < -0.39 is 0 Å². The van der Waals surface area contributed by atoms with Gasteiger partial charge in [-0.25, -0.2) is 9.29 Å². The van der Waals surface area contributed by atoms with Crippen LogP contribution in [0.3, 0.4) is 0 Å². The van der Waals surface area contributed by atoms with Crippen LogP contribution < -0.4 is 4.90 Å². The van der Waals surface area contributed by atoms with Crippen molar-refractivity contribution in [3.63, 3.8) is 0 Å². The quantitative estimate of drug-likeness (QED) is 0.661. The van der Waals surface area contributed by atoms with Crippen molar-refractivity contribution in [1.82, 2.24) is 0 Å². The van der Waals surface area contributed by atoms with Crippen LogP contribution in [0.15, 0.2) is 72.8 Å². The standard InChI is InChI=1S/C20H12FNO2/c21-15-10-8-13(9-11-15)14-4-3-5-16(12-14)22-19(23)17-6-1-2-7-18(17)20(22)24/h1-12H. The number of benzene rings is 3. The minimum atomic E-state index is -0.327. The number of fused-ring (bicyclic) bond motifs is 1. The molecule has 0 N–H and O–H groups in total. The fraction of sp³-hybridized carbons (Fsp3) is 0. The summed E-state index contributed by atoms with van der Waals surface area (Å²) in [5, 5.41) is 0. The van der Waals surface area contributed by atoms with Gasteiger partial charge in [-0.15, -0.1) is 0 Å². The Morgan fingerprint density at radius 3 is 1.92 bits per heavy atom. The zero-order chi connectivity index (χ0) is 16.7. The molecule has 4 heteroatoms.